The monoisotopic (exact) mass is 331 g/mol. The third kappa shape index (κ3) is 6.87. The number of hydrogen-bond acceptors (Lipinski definition) is 3. The first-order valence-corrected chi connectivity index (χ1v) is 9.42. The lowest BCUT2D eigenvalue weighted by Gasteiger charge is -2.30. The Labute approximate surface area is 147 Å². The molecule has 0 aliphatic heterocycles. The van der Waals surface area contributed by atoms with Gasteiger partial charge in [-0.05, 0) is 38.9 Å². The summed E-state index contributed by atoms with van der Waals surface area (Å²) in [4.78, 5) is 11.5. The van der Waals surface area contributed by atoms with Gasteiger partial charge in [-0.15, -0.1) is 0 Å². The lowest BCUT2D eigenvalue weighted by atomic mass is 9.94. The van der Waals surface area contributed by atoms with Crippen molar-refractivity contribution in [1.82, 2.24) is 20.5 Å². The van der Waals surface area contributed by atoms with Gasteiger partial charge in [0, 0.05) is 44.0 Å². The molecule has 1 saturated carbocycles. The molecule has 1 fully saturated rings. The molecule has 0 unspecified atom stereocenters. The van der Waals surface area contributed by atoms with E-state index in [9.17, 15) is 0 Å². The van der Waals surface area contributed by atoms with Gasteiger partial charge in [0.15, 0.2) is 5.96 Å². The minimum Gasteiger partial charge on any atom is -0.357 e. The van der Waals surface area contributed by atoms with Gasteiger partial charge < -0.3 is 15.5 Å². The van der Waals surface area contributed by atoms with E-state index >= 15 is 0 Å². The fourth-order valence-corrected chi connectivity index (χ4v) is 3.22. The number of likely N-dealkylation sites (N-methyl/N-ethyl adjacent to an activating group) is 1. The maximum atomic E-state index is 4.71. The lowest BCUT2D eigenvalue weighted by Crippen LogP contribution is -2.39. The Morgan fingerprint density at radius 2 is 2.08 bits per heavy atom. The van der Waals surface area contributed by atoms with E-state index in [1.54, 1.807) is 0 Å². The Morgan fingerprint density at radius 3 is 2.79 bits per heavy atom. The van der Waals surface area contributed by atoms with Gasteiger partial charge in [0.05, 0.1) is 6.54 Å². The lowest BCUT2D eigenvalue weighted by molar-refractivity contribution is 0.196. The first-order chi connectivity index (χ1) is 11.8. The number of rotatable bonds is 8. The molecule has 1 aromatic rings. The summed E-state index contributed by atoms with van der Waals surface area (Å²) in [6, 6.07) is 6.80. The second kappa shape index (κ2) is 11.0. The van der Waals surface area contributed by atoms with Crippen molar-refractivity contribution in [2.45, 2.75) is 51.5 Å². The third-order valence-corrected chi connectivity index (χ3v) is 4.66. The van der Waals surface area contributed by atoms with Gasteiger partial charge >= 0.3 is 0 Å². The molecule has 0 saturated heterocycles. The summed E-state index contributed by atoms with van der Waals surface area (Å²) in [7, 11) is 2.24. The Bertz CT molecular complexity index is 468. The molecule has 24 heavy (non-hydrogen) atoms. The quantitative estimate of drug-likeness (QED) is 0.567. The van der Waals surface area contributed by atoms with Crippen molar-refractivity contribution in [2.24, 2.45) is 4.99 Å². The van der Waals surface area contributed by atoms with E-state index in [0.717, 1.165) is 50.3 Å². The van der Waals surface area contributed by atoms with Crippen LogP contribution in [0.3, 0.4) is 0 Å². The molecule has 1 aliphatic rings. The standard InChI is InChI=1S/C19H33N5/c1-3-20-19(22-14-12-17-9-7-8-13-21-17)23-15-16-24(2)18-10-5-4-6-11-18/h7-9,13,18H,3-6,10-12,14-16H2,1-2H3,(H2,20,22,23). The summed E-state index contributed by atoms with van der Waals surface area (Å²) < 4.78 is 0. The first kappa shape index (κ1) is 18.7. The van der Waals surface area contributed by atoms with Gasteiger partial charge in [0.25, 0.3) is 0 Å². The number of pyridine rings is 1. The molecule has 0 aromatic carbocycles. The maximum absolute atomic E-state index is 4.71. The molecule has 0 atom stereocenters. The van der Waals surface area contributed by atoms with Crippen molar-refractivity contribution in [2.75, 3.05) is 33.2 Å². The van der Waals surface area contributed by atoms with Gasteiger partial charge in [0.1, 0.15) is 0 Å². The molecule has 1 aliphatic carbocycles. The minimum absolute atomic E-state index is 0.758. The normalized spacial score (nSPS) is 16.4. The SMILES string of the molecule is CCNC(=NCCN(C)C1CCCCC1)NCCc1ccccn1. The zero-order valence-electron chi connectivity index (χ0n) is 15.3. The van der Waals surface area contributed by atoms with Crippen molar-refractivity contribution in [3.8, 4) is 0 Å². The zero-order chi connectivity index (χ0) is 17.0. The van der Waals surface area contributed by atoms with E-state index in [0.29, 0.717) is 0 Å². The molecule has 2 N–H and O–H groups in total. The molecule has 0 bridgehead atoms. The smallest absolute Gasteiger partial charge is 0.191 e. The first-order valence-electron chi connectivity index (χ1n) is 9.42. The van der Waals surface area contributed by atoms with Crippen molar-refractivity contribution in [3.63, 3.8) is 0 Å². The van der Waals surface area contributed by atoms with Gasteiger partial charge in [0.2, 0.25) is 0 Å². The van der Waals surface area contributed by atoms with E-state index in [4.69, 9.17) is 4.99 Å². The van der Waals surface area contributed by atoms with E-state index in [2.05, 4.69) is 40.6 Å². The summed E-state index contributed by atoms with van der Waals surface area (Å²) in [6.07, 6.45) is 9.63. The predicted octanol–water partition coefficient (Wildman–Crippen LogP) is 2.44. The van der Waals surface area contributed by atoms with Gasteiger partial charge in [-0.3, -0.25) is 9.98 Å². The largest absolute Gasteiger partial charge is 0.357 e. The van der Waals surface area contributed by atoms with Crippen LogP contribution in [0.2, 0.25) is 0 Å². The van der Waals surface area contributed by atoms with Gasteiger partial charge in [-0.1, -0.05) is 25.3 Å². The number of aromatic nitrogens is 1. The van der Waals surface area contributed by atoms with E-state index in [1.165, 1.54) is 32.1 Å². The summed E-state index contributed by atoms with van der Waals surface area (Å²) in [5.74, 6) is 0.908. The highest BCUT2D eigenvalue weighted by Crippen LogP contribution is 2.21. The number of nitrogens with zero attached hydrogens (tertiary/aromatic N) is 3. The summed E-state index contributed by atoms with van der Waals surface area (Å²) in [5.41, 5.74) is 1.11. The van der Waals surface area contributed by atoms with Crippen LogP contribution in [0, 0.1) is 0 Å². The van der Waals surface area contributed by atoms with Crippen LogP contribution >= 0.6 is 0 Å². The van der Waals surface area contributed by atoms with Crippen LogP contribution in [0.4, 0.5) is 0 Å². The van der Waals surface area contributed by atoms with Crippen LogP contribution in [0.15, 0.2) is 29.4 Å². The van der Waals surface area contributed by atoms with E-state index in [-0.39, 0.29) is 0 Å². The van der Waals surface area contributed by atoms with Crippen molar-refractivity contribution in [3.05, 3.63) is 30.1 Å². The second-order valence-corrected chi connectivity index (χ2v) is 6.53. The third-order valence-electron chi connectivity index (χ3n) is 4.66. The Hall–Kier alpha value is -1.62. The average Bonchev–Trinajstić information content (AvgIpc) is 2.63. The molecule has 0 spiro atoms. The molecule has 5 nitrogen and oxygen atoms in total. The van der Waals surface area contributed by atoms with E-state index < -0.39 is 0 Å². The maximum Gasteiger partial charge on any atom is 0.191 e. The number of hydrogen-bond donors (Lipinski definition) is 2. The van der Waals surface area contributed by atoms with Crippen LogP contribution in [0.1, 0.15) is 44.7 Å². The molecular weight excluding hydrogens is 298 g/mol. The summed E-state index contributed by atoms with van der Waals surface area (Å²) in [6.45, 7) is 5.70. The Morgan fingerprint density at radius 1 is 1.25 bits per heavy atom. The highest BCUT2D eigenvalue weighted by molar-refractivity contribution is 5.79. The second-order valence-electron chi connectivity index (χ2n) is 6.53. The molecule has 1 heterocycles. The highest BCUT2D eigenvalue weighted by Gasteiger charge is 2.17. The molecular formula is C19H33N5. The number of aliphatic imine (C=N–C) groups is 1. The van der Waals surface area contributed by atoms with Gasteiger partial charge in [-0.2, -0.15) is 0 Å². The number of nitrogens with one attached hydrogen (secondary N) is 2. The van der Waals surface area contributed by atoms with Crippen LogP contribution in [0.5, 0.6) is 0 Å². The Kier molecular flexibility index (Phi) is 8.60. The molecule has 134 valence electrons. The summed E-state index contributed by atoms with van der Waals surface area (Å²) >= 11 is 0. The topological polar surface area (TPSA) is 52.6 Å². The van der Waals surface area contributed by atoms with Crippen LogP contribution in [0.25, 0.3) is 0 Å². The fraction of sp³-hybridized carbons (Fsp3) is 0.684. The fourth-order valence-electron chi connectivity index (χ4n) is 3.22. The molecule has 0 radical (unpaired) electrons. The number of guanidine groups is 1. The summed E-state index contributed by atoms with van der Waals surface area (Å²) in [5, 5.41) is 6.72. The van der Waals surface area contributed by atoms with Crippen LogP contribution in [-0.2, 0) is 6.42 Å². The minimum atomic E-state index is 0.758. The van der Waals surface area contributed by atoms with Crippen molar-refractivity contribution in [1.29, 1.82) is 0 Å². The molecule has 5 heteroatoms. The molecule has 0 amide bonds. The van der Waals surface area contributed by atoms with E-state index in [1.807, 2.05) is 18.3 Å². The van der Waals surface area contributed by atoms with Crippen LogP contribution in [-0.4, -0.2) is 55.1 Å². The van der Waals surface area contributed by atoms with Crippen molar-refractivity contribution < 1.29 is 0 Å². The molecule has 2 rings (SSSR count). The van der Waals surface area contributed by atoms with Crippen LogP contribution < -0.4 is 10.6 Å². The van der Waals surface area contributed by atoms with Crippen molar-refractivity contribution >= 4 is 5.96 Å². The predicted molar refractivity (Wildman–Crippen MR) is 101 cm³/mol. The Balaban J connectivity index is 1.71. The highest BCUT2D eigenvalue weighted by atomic mass is 15.2. The van der Waals surface area contributed by atoms with Gasteiger partial charge in [-0.25, -0.2) is 0 Å². The molecule has 1 aromatic heterocycles. The zero-order valence-corrected chi connectivity index (χ0v) is 15.3. The average molecular weight is 332 g/mol.